The molecule has 0 radical (unpaired) electrons. The van der Waals surface area contributed by atoms with Crippen molar-refractivity contribution in [2.75, 3.05) is 13.2 Å². The Labute approximate surface area is 217 Å². The van der Waals surface area contributed by atoms with Gasteiger partial charge in [0.25, 0.3) is 11.7 Å². The van der Waals surface area contributed by atoms with E-state index in [1.54, 1.807) is 36.4 Å². The Morgan fingerprint density at radius 3 is 2.41 bits per heavy atom. The van der Waals surface area contributed by atoms with Crippen LogP contribution in [-0.4, -0.2) is 34.9 Å². The van der Waals surface area contributed by atoms with E-state index < -0.39 is 17.7 Å². The normalized spacial score (nSPS) is 16.8. The molecule has 1 amide bonds. The van der Waals surface area contributed by atoms with Gasteiger partial charge in [-0.1, -0.05) is 51.0 Å². The highest BCUT2D eigenvalue weighted by molar-refractivity contribution is 6.46. The average molecular weight is 504 g/mol. The smallest absolute Gasteiger partial charge is 0.296 e. The number of carbonyl (C=O) groups excluding carboxylic acids is 2. The number of rotatable bonds is 12. The van der Waals surface area contributed by atoms with E-state index in [4.69, 9.17) is 13.9 Å². The molecule has 37 heavy (non-hydrogen) atoms. The van der Waals surface area contributed by atoms with E-state index in [1.807, 2.05) is 31.2 Å². The summed E-state index contributed by atoms with van der Waals surface area (Å²) in [6.45, 7) is 5.40. The van der Waals surface area contributed by atoms with Crippen LogP contribution in [-0.2, 0) is 16.1 Å². The van der Waals surface area contributed by atoms with Gasteiger partial charge >= 0.3 is 0 Å². The molecule has 1 aliphatic rings. The third kappa shape index (κ3) is 6.05. The summed E-state index contributed by atoms with van der Waals surface area (Å²) >= 11 is 0. The molecule has 2 heterocycles. The van der Waals surface area contributed by atoms with Gasteiger partial charge in [0.15, 0.2) is 0 Å². The highest BCUT2D eigenvalue weighted by atomic mass is 16.5. The van der Waals surface area contributed by atoms with Gasteiger partial charge in [0.05, 0.1) is 37.6 Å². The first-order chi connectivity index (χ1) is 18.0. The van der Waals surface area contributed by atoms with Crippen molar-refractivity contribution in [1.82, 2.24) is 4.90 Å². The first-order valence-corrected chi connectivity index (χ1v) is 12.8. The highest BCUT2D eigenvalue weighted by Crippen LogP contribution is 2.41. The van der Waals surface area contributed by atoms with Gasteiger partial charge in [-0.15, -0.1) is 0 Å². The maximum absolute atomic E-state index is 13.3. The van der Waals surface area contributed by atoms with Crippen LogP contribution in [0.5, 0.6) is 11.5 Å². The van der Waals surface area contributed by atoms with Crippen LogP contribution in [0.3, 0.4) is 0 Å². The molecule has 4 rings (SSSR count). The quantitative estimate of drug-likeness (QED) is 0.136. The molecule has 1 aliphatic heterocycles. The number of aliphatic hydroxyl groups excluding tert-OH is 1. The molecule has 1 aromatic heterocycles. The van der Waals surface area contributed by atoms with E-state index in [2.05, 4.69) is 6.92 Å². The van der Waals surface area contributed by atoms with Crippen LogP contribution in [0.25, 0.3) is 5.76 Å². The number of ether oxygens (including phenoxy) is 2. The van der Waals surface area contributed by atoms with Crippen molar-refractivity contribution >= 4 is 17.4 Å². The van der Waals surface area contributed by atoms with Gasteiger partial charge in [0, 0.05) is 5.56 Å². The lowest BCUT2D eigenvalue weighted by molar-refractivity contribution is -0.140. The molecule has 7 heteroatoms. The van der Waals surface area contributed by atoms with Crippen molar-refractivity contribution in [3.05, 3.63) is 89.4 Å². The van der Waals surface area contributed by atoms with Gasteiger partial charge in [0.1, 0.15) is 23.0 Å². The number of likely N-dealkylation sites (tertiary alicyclic amines) is 1. The lowest BCUT2D eigenvalue weighted by Crippen LogP contribution is -2.29. The molecule has 1 unspecified atom stereocenters. The van der Waals surface area contributed by atoms with E-state index in [9.17, 15) is 14.7 Å². The van der Waals surface area contributed by atoms with Gasteiger partial charge < -0.3 is 23.9 Å². The minimum Gasteiger partial charge on any atom is -0.507 e. The van der Waals surface area contributed by atoms with Crippen LogP contribution < -0.4 is 9.47 Å². The summed E-state index contributed by atoms with van der Waals surface area (Å²) in [4.78, 5) is 27.9. The van der Waals surface area contributed by atoms with E-state index in [1.165, 1.54) is 11.2 Å². The van der Waals surface area contributed by atoms with E-state index in [0.29, 0.717) is 41.6 Å². The number of hydrogen-bond acceptors (Lipinski definition) is 6. The maximum atomic E-state index is 13.3. The molecule has 194 valence electrons. The molecule has 0 saturated carbocycles. The molecular weight excluding hydrogens is 470 g/mol. The van der Waals surface area contributed by atoms with Gasteiger partial charge in [-0.3, -0.25) is 9.59 Å². The number of hydrogen-bond donors (Lipinski definition) is 1. The minimum atomic E-state index is -0.792. The number of furan rings is 1. The lowest BCUT2D eigenvalue weighted by Gasteiger charge is -2.24. The van der Waals surface area contributed by atoms with Gasteiger partial charge in [-0.05, 0) is 54.8 Å². The number of nitrogens with zero attached hydrogens (tertiary/aromatic N) is 1. The third-order valence-electron chi connectivity index (χ3n) is 6.24. The number of benzene rings is 2. The van der Waals surface area contributed by atoms with Gasteiger partial charge in [0.2, 0.25) is 0 Å². The molecule has 1 fully saturated rings. The molecule has 2 aromatic carbocycles. The topological polar surface area (TPSA) is 89.2 Å². The number of Topliss-reactive ketones (excluding diaryl/α,β-unsaturated/α-hetero) is 1. The number of carbonyl (C=O) groups is 2. The largest absolute Gasteiger partial charge is 0.507 e. The summed E-state index contributed by atoms with van der Waals surface area (Å²) in [6, 6.07) is 16.9. The second kappa shape index (κ2) is 12.3. The van der Waals surface area contributed by atoms with Crippen molar-refractivity contribution < 1.29 is 28.6 Å². The molecule has 0 bridgehead atoms. The highest BCUT2D eigenvalue weighted by Gasteiger charge is 2.46. The second-order valence-corrected chi connectivity index (χ2v) is 9.01. The Morgan fingerprint density at radius 1 is 0.919 bits per heavy atom. The van der Waals surface area contributed by atoms with Crippen LogP contribution in [0.2, 0.25) is 0 Å². The fourth-order valence-corrected chi connectivity index (χ4v) is 4.36. The third-order valence-corrected chi connectivity index (χ3v) is 6.24. The number of unbranched alkanes of at least 4 members (excludes halogenated alkanes) is 2. The molecule has 1 atom stereocenters. The van der Waals surface area contributed by atoms with Crippen molar-refractivity contribution in [3.63, 3.8) is 0 Å². The van der Waals surface area contributed by atoms with Gasteiger partial charge in [-0.25, -0.2) is 0 Å². The van der Waals surface area contributed by atoms with Crippen molar-refractivity contribution in [1.29, 1.82) is 0 Å². The van der Waals surface area contributed by atoms with E-state index in [-0.39, 0.29) is 17.9 Å². The van der Waals surface area contributed by atoms with Crippen LogP contribution in [0.1, 0.15) is 62.5 Å². The fraction of sp³-hybridized carbons (Fsp3) is 0.333. The SMILES string of the molecule is CCCCCOc1ccc(C2/C(=C(\O)c3cccc(OCCC)c3)C(=O)C(=O)N2Cc2ccco2)cc1. The summed E-state index contributed by atoms with van der Waals surface area (Å²) < 4.78 is 17.0. The first-order valence-electron chi connectivity index (χ1n) is 12.8. The van der Waals surface area contributed by atoms with Crippen molar-refractivity contribution in [3.8, 4) is 11.5 Å². The average Bonchev–Trinajstić information content (AvgIpc) is 3.52. The summed E-state index contributed by atoms with van der Waals surface area (Å²) in [5.74, 6) is 0.153. The summed E-state index contributed by atoms with van der Waals surface area (Å²) in [6.07, 6.45) is 5.55. The first kappa shape index (κ1) is 26.1. The molecule has 0 spiro atoms. The molecule has 7 nitrogen and oxygen atoms in total. The van der Waals surface area contributed by atoms with E-state index >= 15 is 0 Å². The van der Waals surface area contributed by atoms with E-state index in [0.717, 1.165) is 25.7 Å². The zero-order valence-electron chi connectivity index (χ0n) is 21.3. The summed E-state index contributed by atoms with van der Waals surface area (Å²) in [7, 11) is 0. The number of aliphatic hydroxyl groups is 1. The molecule has 0 aliphatic carbocycles. The number of ketones is 1. The predicted octanol–water partition coefficient (Wildman–Crippen LogP) is 6.26. The Balaban J connectivity index is 1.71. The van der Waals surface area contributed by atoms with Crippen LogP contribution in [0.15, 0.2) is 76.9 Å². The predicted molar refractivity (Wildman–Crippen MR) is 140 cm³/mol. The molecular formula is C30H33NO6. The monoisotopic (exact) mass is 503 g/mol. The molecule has 3 aromatic rings. The van der Waals surface area contributed by atoms with Crippen LogP contribution >= 0.6 is 0 Å². The summed E-state index contributed by atoms with van der Waals surface area (Å²) in [5.41, 5.74) is 1.12. The standard InChI is InChI=1S/C30H33NO6/c1-3-5-6-17-36-23-14-12-21(13-15-23)27-26(28(32)22-9-7-10-24(19-22)35-16-4-2)29(33)30(34)31(27)20-25-11-8-18-37-25/h7-15,18-19,27,32H,3-6,16-17,20H2,1-2H3/b28-26+. The number of amides is 1. The van der Waals surface area contributed by atoms with Crippen molar-refractivity contribution in [2.24, 2.45) is 0 Å². The fourth-order valence-electron chi connectivity index (χ4n) is 4.36. The second-order valence-electron chi connectivity index (χ2n) is 9.01. The zero-order chi connectivity index (χ0) is 26.2. The maximum Gasteiger partial charge on any atom is 0.296 e. The Kier molecular flexibility index (Phi) is 8.67. The Hall–Kier alpha value is -4.00. The van der Waals surface area contributed by atoms with Crippen LogP contribution in [0.4, 0.5) is 0 Å². The van der Waals surface area contributed by atoms with Crippen LogP contribution in [0, 0.1) is 0 Å². The zero-order valence-corrected chi connectivity index (χ0v) is 21.3. The molecule has 1 saturated heterocycles. The van der Waals surface area contributed by atoms with Gasteiger partial charge in [-0.2, -0.15) is 0 Å². The Bertz CT molecular complexity index is 1230. The Morgan fingerprint density at radius 2 is 1.70 bits per heavy atom. The summed E-state index contributed by atoms with van der Waals surface area (Å²) in [5, 5.41) is 11.3. The van der Waals surface area contributed by atoms with Crippen molar-refractivity contribution in [2.45, 2.75) is 52.1 Å². The lowest BCUT2D eigenvalue weighted by atomic mass is 9.95. The minimum absolute atomic E-state index is 0.0285. The molecule has 1 N–H and O–H groups in total.